The second kappa shape index (κ2) is 9.99. The van der Waals surface area contributed by atoms with Gasteiger partial charge < -0.3 is 14.8 Å². The molecule has 1 amide bonds. The molecule has 0 aliphatic carbocycles. The Morgan fingerprint density at radius 2 is 2.09 bits per heavy atom. The number of fused-ring (bicyclic) bond motifs is 4. The van der Waals surface area contributed by atoms with Crippen LogP contribution in [0.15, 0.2) is 46.6 Å². The fourth-order valence-corrected chi connectivity index (χ4v) is 6.79. The van der Waals surface area contributed by atoms with Crippen LogP contribution in [0.1, 0.15) is 18.0 Å². The summed E-state index contributed by atoms with van der Waals surface area (Å²) < 4.78 is 2.61. The molecule has 0 spiro atoms. The number of rotatable bonds is 4. The zero-order chi connectivity index (χ0) is 23.8. The molecule has 2 aromatic heterocycles. The molecule has 5 rings (SSSR count). The number of aromatic nitrogens is 2. The first-order chi connectivity index (χ1) is 16.4. The number of thioether (sulfide) groups is 1. The predicted molar refractivity (Wildman–Crippen MR) is 144 cm³/mol. The number of likely N-dealkylation sites (tertiary alicyclic amines) is 1. The van der Waals surface area contributed by atoms with Gasteiger partial charge in [0.05, 0.1) is 16.5 Å². The number of thiazole rings is 1. The summed E-state index contributed by atoms with van der Waals surface area (Å²) in [6, 6.07) is 10.7. The molecule has 2 aliphatic heterocycles. The van der Waals surface area contributed by atoms with Crippen LogP contribution in [0, 0.1) is 5.92 Å². The van der Waals surface area contributed by atoms with E-state index in [0.29, 0.717) is 31.1 Å². The SMILES string of the molecule is O=C(CSC(=S)N1C[C@@H]2C[C@@H](C1)c1cccc(=O)n1C2)Nc1nc(-c2ccc(Cl)cc2Cl)cs1. The third kappa shape index (κ3) is 5.04. The lowest BCUT2D eigenvalue weighted by atomic mass is 9.83. The van der Waals surface area contributed by atoms with Gasteiger partial charge in [0.15, 0.2) is 5.13 Å². The van der Waals surface area contributed by atoms with Crippen LogP contribution in [0.25, 0.3) is 11.3 Å². The average Bonchev–Trinajstić information content (AvgIpc) is 3.26. The van der Waals surface area contributed by atoms with Gasteiger partial charge in [-0.2, -0.15) is 0 Å². The summed E-state index contributed by atoms with van der Waals surface area (Å²) in [4.78, 5) is 31.4. The Labute approximate surface area is 220 Å². The Bertz CT molecular complexity index is 1330. The van der Waals surface area contributed by atoms with Crippen LogP contribution >= 0.6 is 58.5 Å². The van der Waals surface area contributed by atoms with E-state index < -0.39 is 0 Å². The number of amides is 1. The van der Waals surface area contributed by atoms with Crippen LogP contribution < -0.4 is 10.9 Å². The minimum absolute atomic E-state index is 0.0675. The number of benzene rings is 1. The topological polar surface area (TPSA) is 67.2 Å². The van der Waals surface area contributed by atoms with Gasteiger partial charge in [-0.05, 0) is 36.6 Å². The van der Waals surface area contributed by atoms with Crippen LogP contribution in [-0.2, 0) is 11.3 Å². The summed E-state index contributed by atoms with van der Waals surface area (Å²) in [6.45, 7) is 2.30. The summed E-state index contributed by atoms with van der Waals surface area (Å²) in [6.07, 6.45) is 1.07. The Kier molecular flexibility index (Phi) is 7.00. The number of pyridine rings is 1. The van der Waals surface area contributed by atoms with Crippen molar-refractivity contribution in [3.8, 4) is 11.3 Å². The molecule has 1 fully saturated rings. The molecule has 2 bridgehead atoms. The van der Waals surface area contributed by atoms with Crippen molar-refractivity contribution in [2.24, 2.45) is 5.92 Å². The number of carbonyl (C=O) groups excluding carboxylic acids is 1. The van der Waals surface area contributed by atoms with Crippen LogP contribution in [-0.4, -0.2) is 43.5 Å². The van der Waals surface area contributed by atoms with Gasteiger partial charge >= 0.3 is 0 Å². The summed E-state index contributed by atoms with van der Waals surface area (Å²) in [7, 11) is 0. The van der Waals surface area contributed by atoms with E-state index in [9.17, 15) is 9.59 Å². The molecule has 34 heavy (non-hydrogen) atoms. The number of carbonyl (C=O) groups is 1. The maximum Gasteiger partial charge on any atom is 0.250 e. The van der Waals surface area contributed by atoms with Crippen molar-refractivity contribution in [2.45, 2.75) is 18.9 Å². The molecule has 1 N–H and O–H groups in total. The second-order valence-electron chi connectivity index (χ2n) is 8.37. The average molecular weight is 552 g/mol. The molecule has 176 valence electrons. The molecular formula is C23H20Cl2N4O2S3. The van der Waals surface area contributed by atoms with Gasteiger partial charge in [0.25, 0.3) is 5.56 Å². The van der Waals surface area contributed by atoms with E-state index >= 15 is 0 Å². The largest absolute Gasteiger partial charge is 0.356 e. The van der Waals surface area contributed by atoms with Gasteiger partial charge in [-0.25, -0.2) is 4.98 Å². The lowest BCUT2D eigenvalue weighted by molar-refractivity contribution is -0.113. The number of hydrogen-bond acceptors (Lipinski definition) is 6. The van der Waals surface area contributed by atoms with Crippen molar-refractivity contribution in [1.82, 2.24) is 14.5 Å². The van der Waals surface area contributed by atoms with Crippen molar-refractivity contribution in [3.63, 3.8) is 0 Å². The molecule has 1 saturated heterocycles. The zero-order valence-corrected chi connectivity index (χ0v) is 21.8. The Morgan fingerprint density at radius 3 is 2.91 bits per heavy atom. The van der Waals surface area contributed by atoms with Crippen molar-refractivity contribution < 1.29 is 4.79 Å². The van der Waals surface area contributed by atoms with Crippen molar-refractivity contribution in [3.05, 3.63) is 67.9 Å². The molecule has 1 aromatic carbocycles. The third-order valence-corrected chi connectivity index (χ3v) is 8.85. The predicted octanol–water partition coefficient (Wildman–Crippen LogP) is 5.35. The normalized spacial score (nSPS) is 18.9. The maximum absolute atomic E-state index is 12.5. The van der Waals surface area contributed by atoms with Gasteiger partial charge in [0.1, 0.15) is 4.32 Å². The number of thiocarbonyl (C=S) groups is 1. The minimum Gasteiger partial charge on any atom is -0.356 e. The van der Waals surface area contributed by atoms with E-state index in [0.717, 1.165) is 37.3 Å². The highest BCUT2D eigenvalue weighted by Gasteiger charge is 2.35. The van der Waals surface area contributed by atoms with E-state index in [1.165, 1.54) is 23.1 Å². The van der Waals surface area contributed by atoms with Crippen molar-refractivity contribution in [2.75, 3.05) is 24.2 Å². The van der Waals surface area contributed by atoms with Gasteiger partial charge in [-0.15, -0.1) is 11.3 Å². The number of hydrogen-bond donors (Lipinski definition) is 1. The maximum atomic E-state index is 12.5. The fraction of sp³-hybridized carbons (Fsp3) is 0.304. The van der Waals surface area contributed by atoms with Crippen LogP contribution in [0.2, 0.25) is 10.0 Å². The number of nitrogens with one attached hydrogen (secondary N) is 1. The first-order valence-corrected chi connectivity index (χ1v) is 13.7. The van der Waals surface area contributed by atoms with Crippen LogP contribution in [0.3, 0.4) is 0 Å². The number of halogens is 2. The van der Waals surface area contributed by atoms with Gasteiger partial charge in [0, 0.05) is 53.3 Å². The first-order valence-electron chi connectivity index (χ1n) is 10.7. The van der Waals surface area contributed by atoms with Crippen LogP contribution in [0.4, 0.5) is 5.13 Å². The molecular weight excluding hydrogens is 531 g/mol. The zero-order valence-electron chi connectivity index (χ0n) is 17.9. The molecule has 3 aromatic rings. The molecule has 2 aliphatic rings. The fourth-order valence-electron chi connectivity index (χ4n) is 4.57. The summed E-state index contributed by atoms with van der Waals surface area (Å²) in [5.41, 5.74) is 2.60. The second-order valence-corrected chi connectivity index (χ2v) is 11.7. The lowest BCUT2D eigenvalue weighted by Gasteiger charge is -2.43. The van der Waals surface area contributed by atoms with E-state index in [1.54, 1.807) is 18.2 Å². The van der Waals surface area contributed by atoms with Gasteiger partial charge in [0.2, 0.25) is 5.91 Å². The molecule has 4 heterocycles. The highest BCUT2D eigenvalue weighted by molar-refractivity contribution is 8.23. The Balaban J connectivity index is 1.16. The first kappa shape index (κ1) is 23.8. The number of anilines is 1. The third-order valence-electron chi connectivity index (χ3n) is 6.02. The van der Waals surface area contributed by atoms with E-state index in [2.05, 4.69) is 15.2 Å². The van der Waals surface area contributed by atoms with Crippen LogP contribution in [0.5, 0.6) is 0 Å². The highest BCUT2D eigenvalue weighted by atomic mass is 35.5. The molecule has 11 heteroatoms. The molecule has 6 nitrogen and oxygen atoms in total. The summed E-state index contributed by atoms with van der Waals surface area (Å²) in [5, 5.41) is 6.26. The van der Waals surface area contributed by atoms with Gasteiger partial charge in [-0.1, -0.05) is 53.2 Å². The van der Waals surface area contributed by atoms with Crippen molar-refractivity contribution >= 4 is 73.9 Å². The minimum atomic E-state index is -0.162. The number of nitrogens with zero attached hydrogens (tertiary/aromatic N) is 3. The van der Waals surface area contributed by atoms with Crippen molar-refractivity contribution in [1.29, 1.82) is 0 Å². The standard InChI is InChI=1S/C23H20Cl2N4O2S3/c24-15-4-5-16(17(25)7-15)18-11-33-22(26-18)27-20(30)12-34-23(32)28-8-13-6-14(10-28)19-2-1-3-21(31)29(19)9-13/h1-5,7,11,13-14H,6,8-10,12H2,(H,26,27,30)/t13-,14-/m0/s1. The van der Waals surface area contributed by atoms with E-state index in [4.69, 9.17) is 35.4 Å². The smallest absolute Gasteiger partial charge is 0.250 e. The quantitative estimate of drug-likeness (QED) is 0.441. The molecule has 0 unspecified atom stereocenters. The lowest BCUT2D eigenvalue weighted by Crippen LogP contribution is -2.48. The highest BCUT2D eigenvalue weighted by Crippen LogP contribution is 2.36. The monoisotopic (exact) mass is 550 g/mol. The van der Waals surface area contributed by atoms with E-state index in [-0.39, 0.29) is 23.1 Å². The molecule has 2 atom stereocenters. The Hall–Kier alpha value is -1.91. The van der Waals surface area contributed by atoms with E-state index in [1.807, 2.05) is 28.1 Å². The summed E-state index contributed by atoms with van der Waals surface area (Å²) in [5.74, 6) is 0.705. The van der Waals surface area contributed by atoms with Gasteiger partial charge in [-0.3, -0.25) is 9.59 Å². The Morgan fingerprint density at radius 1 is 1.24 bits per heavy atom. The number of piperidine rings is 1. The molecule has 0 saturated carbocycles. The molecule has 0 radical (unpaired) electrons. The summed E-state index contributed by atoms with van der Waals surface area (Å²) >= 11 is 20.6.